The lowest BCUT2D eigenvalue weighted by molar-refractivity contribution is -0.139. The van der Waals surface area contributed by atoms with E-state index >= 15 is 0 Å². The van der Waals surface area contributed by atoms with Gasteiger partial charge in [0.05, 0.1) is 12.1 Å². The predicted octanol–water partition coefficient (Wildman–Crippen LogP) is 3.56. The molecule has 0 bridgehead atoms. The van der Waals surface area contributed by atoms with Gasteiger partial charge in [0.15, 0.2) is 0 Å². The number of fused-ring (bicyclic) bond motifs is 1. The van der Waals surface area contributed by atoms with Crippen LogP contribution in [-0.2, 0) is 16.1 Å². The van der Waals surface area contributed by atoms with E-state index in [-0.39, 0.29) is 11.8 Å². The number of rotatable bonds is 6. The molecule has 1 saturated heterocycles. The Balaban J connectivity index is 1.50. The van der Waals surface area contributed by atoms with Crippen LogP contribution in [0.5, 0.6) is 0 Å². The summed E-state index contributed by atoms with van der Waals surface area (Å²) in [4.78, 5) is 34.5. The first-order valence-corrected chi connectivity index (χ1v) is 10.3. The maximum absolute atomic E-state index is 12.0. The van der Waals surface area contributed by atoms with E-state index < -0.39 is 0 Å². The van der Waals surface area contributed by atoms with Crippen molar-refractivity contribution < 1.29 is 9.59 Å². The van der Waals surface area contributed by atoms with Gasteiger partial charge in [-0.15, -0.1) is 0 Å². The number of aromatic nitrogens is 2. The van der Waals surface area contributed by atoms with E-state index in [2.05, 4.69) is 26.7 Å². The van der Waals surface area contributed by atoms with Crippen molar-refractivity contribution in [3.05, 3.63) is 48.0 Å². The zero-order chi connectivity index (χ0) is 20.7. The zero-order valence-electron chi connectivity index (χ0n) is 16.8. The molecule has 5 rings (SSSR count). The number of nitrogens with zero attached hydrogens (tertiary/aromatic N) is 3. The quantitative estimate of drug-likeness (QED) is 0.614. The Morgan fingerprint density at radius 2 is 1.77 bits per heavy atom. The van der Waals surface area contributed by atoms with Crippen LogP contribution < -0.4 is 10.6 Å². The Kier molecular flexibility index (Phi) is 4.58. The van der Waals surface area contributed by atoms with Crippen molar-refractivity contribution in [1.82, 2.24) is 14.9 Å². The van der Waals surface area contributed by atoms with Crippen molar-refractivity contribution >= 4 is 34.5 Å². The molecular weight excluding hydrogens is 378 g/mol. The molecule has 0 unspecified atom stereocenters. The molecule has 2 N–H and O–H groups in total. The van der Waals surface area contributed by atoms with Gasteiger partial charge in [-0.25, -0.2) is 4.98 Å². The molecule has 3 aromatic rings. The Bertz CT molecular complexity index is 1140. The summed E-state index contributed by atoms with van der Waals surface area (Å²) in [6.45, 7) is 0.322. The minimum Gasteiger partial charge on any atom is -0.367 e. The van der Waals surface area contributed by atoms with Gasteiger partial charge in [0.25, 0.3) is 0 Å². The van der Waals surface area contributed by atoms with Gasteiger partial charge in [0.2, 0.25) is 17.8 Å². The minimum atomic E-state index is -0.0932. The molecule has 2 fully saturated rings. The highest BCUT2D eigenvalue weighted by molar-refractivity contribution is 6.01. The number of carbonyl (C=O) groups excluding carboxylic acids is 2. The monoisotopic (exact) mass is 401 g/mol. The van der Waals surface area contributed by atoms with Gasteiger partial charge >= 0.3 is 0 Å². The molecule has 2 heterocycles. The van der Waals surface area contributed by atoms with Crippen LogP contribution in [0.25, 0.3) is 22.0 Å². The van der Waals surface area contributed by atoms with Crippen LogP contribution in [0.1, 0.15) is 31.2 Å². The van der Waals surface area contributed by atoms with Crippen LogP contribution in [-0.4, -0.2) is 39.8 Å². The highest BCUT2D eigenvalue weighted by Gasteiger charge is 2.28. The standard InChI is InChI=1S/C23H23N5O2/c1-24-23-26-19-8-5-16(12-18(19)22(27-23)25-17-6-7-17)15-4-2-3-14(11-15)13-28-20(29)9-10-21(28)30/h2-5,8,11-12,17H,6-7,9-10,13H2,1H3,(H2,24,25,26,27). The van der Waals surface area contributed by atoms with Gasteiger partial charge in [0, 0.05) is 31.3 Å². The highest BCUT2D eigenvalue weighted by Crippen LogP contribution is 2.32. The number of anilines is 2. The van der Waals surface area contributed by atoms with Gasteiger partial charge < -0.3 is 10.6 Å². The van der Waals surface area contributed by atoms with Gasteiger partial charge in [-0.3, -0.25) is 14.5 Å². The second-order valence-corrected chi connectivity index (χ2v) is 7.87. The molecule has 7 heteroatoms. The summed E-state index contributed by atoms with van der Waals surface area (Å²) in [5.41, 5.74) is 3.90. The second kappa shape index (κ2) is 7.40. The van der Waals surface area contributed by atoms with Crippen LogP contribution in [0.4, 0.5) is 11.8 Å². The maximum atomic E-state index is 12.0. The molecule has 0 spiro atoms. The largest absolute Gasteiger partial charge is 0.367 e. The van der Waals surface area contributed by atoms with Crippen LogP contribution in [0.2, 0.25) is 0 Å². The molecule has 0 radical (unpaired) electrons. The number of imide groups is 1. The number of likely N-dealkylation sites (tertiary alicyclic amines) is 1. The fourth-order valence-corrected chi connectivity index (χ4v) is 3.78. The van der Waals surface area contributed by atoms with E-state index in [1.54, 1.807) is 0 Å². The summed E-state index contributed by atoms with van der Waals surface area (Å²) in [7, 11) is 1.82. The zero-order valence-corrected chi connectivity index (χ0v) is 16.8. The Morgan fingerprint density at radius 3 is 2.50 bits per heavy atom. The lowest BCUT2D eigenvalue weighted by Gasteiger charge is -2.15. The fraction of sp³-hybridized carbons (Fsp3) is 0.304. The third-order valence-electron chi connectivity index (χ3n) is 5.59. The predicted molar refractivity (Wildman–Crippen MR) is 116 cm³/mol. The Hall–Kier alpha value is -3.48. The van der Waals surface area contributed by atoms with Crippen molar-refractivity contribution in [1.29, 1.82) is 0 Å². The van der Waals surface area contributed by atoms with Crippen LogP contribution in [0.15, 0.2) is 42.5 Å². The normalized spacial score (nSPS) is 16.4. The first kappa shape index (κ1) is 18.5. The number of nitrogens with one attached hydrogen (secondary N) is 2. The smallest absolute Gasteiger partial charge is 0.229 e. The third-order valence-corrected chi connectivity index (χ3v) is 5.59. The van der Waals surface area contributed by atoms with Crippen molar-refractivity contribution in [3.63, 3.8) is 0 Å². The summed E-state index contributed by atoms with van der Waals surface area (Å²) in [6, 6.07) is 14.6. The van der Waals surface area contributed by atoms with E-state index in [0.717, 1.165) is 46.3 Å². The van der Waals surface area contributed by atoms with Crippen molar-refractivity contribution in [2.24, 2.45) is 0 Å². The minimum absolute atomic E-state index is 0.0932. The Labute approximate surface area is 174 Å². The van der Waals surface area contributed by atoms with E-state index in [0.29, 0.717) is 31.4 Å². The SMILES string of the molecule is CNc1nc(NC2CC2)c2cc(-c3cccc(CN4C(=O)CCC4=O)c3)ccc2n1. The average molecular weight is 401 g/mol. The molecule has 2 aromatic carbocycles. The van der Waals surface area contributed by atoms with Gasteiger partial charge in [-0.2, -0.15) is 4.98 Å². The summed E-state index contributed by atoms with van der Waals surface area (Å²) >= 11 is 0. The first-order chi connectivity index (χ1) is 14.6. The van der Waals surface area contributed by atoms with E-state index in [4.69, 9.17) is 0 Å². The summed E-state index contributed by atoms with van der Waals surface area (Å²) in [6.07, 6.45) is 2.95. The van der Waals surface area contributed by atoms with E-state index in [9.17, 15) is 9.59 Å². The molecular formula is C23H23N5O2. The lowest BCUT2D eigenvalue weighted by atomic mass is 10.0. The maximum Gasteiger partial charge on any atom is 0.229 e. The number of hydrogen-bond acceptors (Lipinski definition) is 6. The second-order valence-electron chi connectivity index (χ2n) is 7.87. The first-order valence-electron chi connectivity index (χ1n) is 10.3. The number of benzene rings is 2. The van der Waals surface area contributed by atoms with Crippen molar-refractivity contribution in [2.45, 2.75) is 38.3 Å². The molecule has 2 amide bonds. The molecule has 1 saturated carbocycles. The fourth-order valence-electron chi connectivity index (χ4n) is 3.78. The summed E-state index contributed by atoms with van der Waals surface area (Å²) < 4.78 is 0. The molecule has 7 nitrogen and oxygen atoms in total. The molecule has 0 atom stereocenters. The van der Waals surface area contributed by atoms with Gasteiger partial charge in [-0.05, 0) is 47.7 Å². The van der Waals surface area contributed by atoms with Crippen molar-refractivity contribution in [3.8, 4) is 11.1 Å². The number of hydrogen-bond donors (Lipinski definition) is 2. The highest BCUT2D eigenvalue weighted by atomic mass is 16.2. The van der Waals surface area contributed by atoms with Gasteiger partial charge in [0.1, 0.15) is 5.82 Å². The molecule has 1 aliphatic heterocycles. The van der Waals surface area contributed by atoms with Crippen molar-refractivity contribution in [2.75, 3.05) is 17.7 Å². The third kappa shape index (κ3) is 3.58. The molecule has 30 heavy (non-hydrogen) atoms. The van der Waals surface area contributed by atoms with Crippen LogP contribution in [0.3, 0.4) is 0 Å². The van der Waals surface area contributed by atoms with Gasteiger partial charge in [-0.1, -0.05) is 24.3 Å². The summed E-state index contributed by atoms with van der Waals surface area (Å²) in [5.74, 6) is 1.26. The number of carbonyl (C=O) groups is 2. The number of amides is 2. The summed E-state index contributed by atoms with van der Waals surface area (Å²) in [5, 5.41) is 7.52. The van der Waals surface area contributed by atoms with E-state index in [1.165, 1.54) is 4.90 Å². The molecule has 1 aromatic heterocycles. The molecule has 1 aliphatic carbocycles. The van der Waals surface area contributed by atoms with E-state index in [1.807, 2.05) is 43.4 Å². The van der Waals surface area contributed by atoms with Crippen LogP contribution in [0, 0.1) is 0 Å². The average Bonchev–Trinajstić information content (AvgIpc) is 3.53. The topological polar surface area (TPSA) is 87.2 Å². The molecule has 2 aliphatic rings. The van der Waals surface area contributed by atoms with Crippen LogP contribution >= 0.6 is 0 Å². The molecule has 152 valence electrons. The lowest BCUT2D eigenvalue weighted by Crippen LogP contribution is -2.28. The Morgan fingerprint density at radius 1 is 1.00 bits per heavy atom.